The quantitative estimate of drug-likeness (QED) is 0.760. The normalized spacial score (nSPS) is 21.6. The largest absolute Gasteiger partial charge is 0.514 e. The van der Waals surface area contributed by atoms with Gasteiger partial charge in [-0.1, -0.05) is 0 Å². The molecule has 0 aliphatic carbocycles. The number of halogens is 2. The van der Waals surface area contributed by atoms with E-state index in [2.05, 4.69) is 4.98 Å². The fourth-order valence-corrected chi connectivity index (χ4v) is 1.69. The standard InChI is InChI=1S/C12H16BF2NO2/c1-11(2)12(3,4)18-13(17-11)9-7-8(10(14)15)5-6-16-9/h5-7,10H,1-4H3. The van der Waals surface area contributed by atoms with Crippen LogP contribution in [0.1, 0.15) is 39.7 Å². The highest BCUT2D eigenvalue weighted by Crippen LogP contribution is 2.36. The van der Waals surface area contributed by atoms with Crippen LogP contribution in [0.25, 0.3) is 0 Å². The first-order valence-corrected chi connectivity index (χ1v) is 5.82. The van der Waals surface area contributed by atoms with Gasteiger partial charge in [-0.05, 0) is 39.8 Å². The molecule has 1 saturated heterocycles. The minimum atomic E-state index is -2.52. The molecule has 0 spiro atoms. The highest BCUT2D eigenvalue weighted by Gasteiger charge is 2.52. The van der Waals surface area contributed by atoms with Crippen molar-refractivity contribution in [3.8, 4) is 0 Å². The van der Waals surface area contributed by atoms with Gasteiger partial charge in [0.05, 0.1) is 16.8 Å². The van der Waals surface area contributed by atoms with E-state index in [1.807, 2.05) is 27.7 Å². The summed E-state index contributed by atoms with van der Waals surface area (Å²) in [6.07, 6.45) is -1.17. The van der Waals surface area contributed by atoms with Crippen molar-refractivity contribution in [1.82, 2.24) is 4.98 Å². The fourth-order valence-electron chi connectivity index (χ4n) is 1.69. The van der Waals surface area contributed by atoms with Crippen molar-refractivity contribution in [2.24, 2.45) is 0 Å². The SMILES string of the molecule is CC1(C)OB(c2cc(C(F)F)ccn2)OC1(C)C. The van der Waals surface area contributed by atoms with E-state index in [-0.39, 0.29) is 5.56 Å². The van der Waals surface area contributed by atoms with Gasteiger partial charge in [0.1, 0.15) is 0 Å². The van der Waals surface area contributed by atoms with Crippen molar-refractivity contribution in [3.63, 3.8) is 0 Å². The molecule has 0 amide bonds. The highest BCUT2D eigenvalue weighted by molar-refractivity contribution is 6.61. The summed E-state index contributed by atoms with van der Waals surface area (Å²) in [7, 11) is -0.700. The second-order valence-corrected chi connectivity index (χ2v) is 5.40. The number of pyridine rings is 1. The molecule has 1 aromatic rings. The molecule has 1 aromatic heterocycles. The average molecular weight is 255 g/mol. The summed E-state index contributed by atoms with van der Waals surface area (Å²) in [6, 6.07) is 2.62. The van der Waals surface area contributed by atoms with E-state index in [0.29, 0.717) is 5.59 Å². The van der Waals surface area contributed by atoms with Gasteiger partial charge in [0.25, 0.3) is 6.43 Å². The van der Waals surface area contributed by atoms with Crippen molar-refractivity contribution in [2.45, 2.75) is 45.3 Å². The topological polar surface area (TPSA) is 31.4 Å². The van der Waals surface area contributed by atoms with Crippen LogP contribution in [0.15, 0.2) is 18.3 Å². The molecule has 0 aromatic carbocycles. The Kier molecular flexibility index (Phi) is 3.19. The zero-order chi connectivity index (χ0) is 13.6. The Morgan fingerprint density at radius 3 is 2.22 bits per heavy atom. The van der Waals surface area contributed by atoms with Crippen LogP contribution in [0.2, 0.25) is 0 Å². The first-order chi connectivity index (χ1) is 8.23. The minimum Gasteiger partial charge on any atom is -0.398 e. The summed E-state index contributed by atoms with van der Waals surface area (Å²) in [5.41, 5.74) is -0.693. The van der Waals surface area contributed by atoms with Crippen LogP contribution in [-0.4, -0.2) is 23.3 Å². The molecular formula is C12H16BF2NO2. The number of alkyl halides is 2. The van der Waals surface area contributed by atoms with E-state index in [1.165, 1.54) is 18.3 Å². The summed E-state index contributed by atoms with van der Waals surface area (Å²) in [5.74, 6) is 0. The summed E-state index contributed by atoms with van der Waals surface area (Å²) >= 11 is 0. The maximum Gasteiger partial charge on any atom is 0.514 e. The van der Waals surface area contributed by atoms with Crippen LogP contribution in [0.3, 0.4) is 0 Å². The lowest BCUT2D eigenvalue weighted by molar-refractivity contribution is 0.00578. The molecule has 18 heavy (non-hydrogen) atoms. The van der Waals surface area contributed by atoms with E-state index < -0.39 is 24.7 Å². The second kappa shape index (κ2) is 4.28. The Hall–Kier alpha value is -1.01. The highest BCUT2D eigenvalue weighted by atomic mass is 19.3. The second-order valence-electron chi connectivity index (χ2n) is 5.40. The van der Waals surface area contributed by atoms with Crippen LogP contribution < -0.4 is 5.59 Å². The lowest BCUT2D eigenvalue weighted by Crippen LogP contribution is -2.41. The van der Waals surface area contributed by atoms with Crippen LogP contribution in [0.4, 0.5) is 8.78 Å². The van der Waals surface area contributed by atoms with Gasteiger partial charge >= 0.3 is 7.12 Å². The van der Waals surface area contributed by atoms with Gasteiger partial charge in [0.2, 0.25) is 0 Å². The molecule has 0 N–H and O–H groups in total. The third kappa shape index (κ3) is 2.27. The van der Waals surface area contributed by atoms with Crippen LogP contribution in [0, 0.1) is 0 Å². The zero-order valence-electron chi connectivity index (χ0n) is 10.9. The van der Waals surface area contributed by atoms with Gasteiger partial charge < -0.3 is 9.31 Å². The van der Waals surface area contributed by atoms with Gasteiger partial charge in [-0.3, -0.25) is 4.98 Å². The molecular weight excluding hydrogens is 239 g/mol. The molecule has 1 aliphatic rings. The lowest BCUT2D eigenvalue weighted by Gasteiger charge is -2.32. The molecule has 6 heteroatoms. The minimum absolute atomic E-state index is 0.0743. The Morgan fingerprint density at radius 1 is 1.17 bits per heavy atom. The zero-order valence-corrected chi connectivity index (χ0v) is 10.9. The maximum absolute atomic E-state index is 12.6. The van der Waals surface area contributed by atoms with E-state index in [4.69, 9.17) is 9.31 Å². The van der Waals surface area contributed by atoms with Crippen LogP contribution in [-0.2, 0) is 9.31 Å². The number of rotatable bonds is 2. The molecule has 0 radical (unpaired) electrons. The molecule has 0 atom stereocenters. The van der Waals surface area contributed by atoms with Crippen LogP contribution in [0.5, 0.6) is 0 Å². The first-order valence-electron chi connectivity index (χ1n) is 5.82. The Labute approximate surface area is 106 Å². The van der Waals surface area contributed by atoms with Crippen molar-refractivity contribution in [2.75, 3.05) is 0 Å². The smallest absolute Gasteiger partial charge is 0.398 e. The summed E-state index contributed by atoms with van der Waals surface area (Å²) in [4.78, 5) is 4.05. The summed E-state index contributed by atoms with van der Waals surface area (Å²) in [5, 5.41) is 0. The van der Waals surface area contributed by atoms with E-state index >= 15 is 0 Å². The van der Waals surface area contributed by atoms with E-state index in [9.17, 15) is 8.78 Å². The van der Waals surface area contributed by atoms with Crippen molar-refractivity contribution in [1.29, 1.82) is 0 Å². The number of hydrogen-bond donors (Lipinski definition) is 0. The summed E-state index contributed by atoms with van der Waals surface area (Å²) < 4.78 is 36.8. The Bertz CT molecular complexity index is 435. The maximum atomic E-state index is 12.6. The molecule has 0 saturated carbocycles. The number of hydrogen-bond acceptors (Lipinski definition) is 3. The molecule has 98 valence electrons. The predicted octanol–water partition coefficient (Wildman–Crippen LogP) is 2.32. The number of aromatic nitrogens is 1. The molecule has 0 bridgehead atoms. The molecule has 1 fully saturated rings. The van der Waals surface area contributed by atoms with Gasteiger partial charge in [0, 0.05) is 11.8 Å². The Balaban J connectivity index is 2.27. The van der Waals surface area contributed by atoms with Gasteiger partial charge in [-0.25, -0.2) is 8.78 Å². The van der Waals surface area contributed by atoms with Gasteiger partial charge in [0.15, 0.2) is 0 Å². The van der Waals surface area contributed by atoms with Crippen molar-refractivity contribution in [3.05, 3.63) is 23.9 Å². The average Bonchev–Trinajstić information content (AvgIpc) is 2.48. The first kappa shape index (κ1) is 13.4. The molecule has 3 nitrogen and oxygen atoms in total. The molecule has 2 heterocycles. The third-order valence-corrected chi connectivity index (χ3v) is 3.55. The monoisotopic (exact) mass is 255 g/mol. The Morgan fingerprint density at radius 2 is 1.72 bits per heavy atom. The predicted molar refractivity (Wildman–Crippen MR) is 64.9 cm³/mol. The third-order valence-electron chi connectivity index (χ3n) is 3.55. The van der Waals surface area contributed by atoms with Crippen molar-refractivity contribution < 1.29 is 18.1 Å². The summed E-state index contributed by atoms with van der Waals surface area (Å²) in [6.45, 7) is 7.63. The van der Waals surface area contributed by atoms with E-state index in [1.54, 1.807) is 0 Å². The van der Waals surface area contributed by atoms with Gasteiger partial charge in [-0.15, -0.1) is 0 Å². The molecule has 1 aliphatic heterocycles. The molecule has 2 rings (SSSR count). The van der Waals surface area contributed by atoms with Gasteiger partial charge in [-0.2, -0.15) is 0 Å². The van der Waals surface area contributed by atoms with Crippen LogP contribution >= 0.6 is 0 Å². The van der Waals surface area contributed by atoms with E-state index in [0.717, 1.165) is 0 Å². The fraction of sp³-hybridized carbons (Fsp3) is 0.583. The lowest BCUT2D eigenvalue weighted by atomic mass is 9.83. The van der Waals surface area contributed by atoms with Crippen molar-refractivity contribution >= 4 is 12.7 Å². The molecule has 0 unspecified atom stereocenters. The number of nitrogens with zero attached hydrogens (tertiary/aromatic N) is 1.